The first kappa shape index (κ1) is 13.0. The SMILES string of the molecule is Cc1ccc(-c2nc3cc(-c4ccncc4)cc(N)n3n2)s1. The molecule has 0 bridgehead atoms. The maximum atomic E-state index is 6.14. The normalized spacial score (nSPS) is 11.1. The molecule has 4 rings (SSSR count). The maximum absolute atomic E-state index is 6.14. The zero-order valence-electron chi connectivity index (χ0n) is 11.9. The highest BCUT2D eigenvalue weighted by Gasteiger charge is 2.11. The number of aryl methyl sites for hydroxylation is 1. The molecule has 5 nitrogen and oxygen atoms in total. The summed E-state index contributed by atoms with van der Waals surface area (Å²) in [7, 11) is 0. The van der Waals surface area contributed by atoms with Gasteiger partial charge in [-0.15, -0.1) is 16.4 Å². The highest BCUT2D eigenvalue weighted by Crippen LogP contribution is 2.28. The molecular formula is C16H13N5S. The summed E-state index contributed by atoms with van der Waals surface area (Å²) in [5.74, 6) is 1.27. The van der Waals surface area contributed by atoms with Crippen LogP contribution in [0, 0.1) is 6.92 Å². The van der Waals surface area contributed by atoms with E-state index in [4.69, 9.17) is 5.73 Å². The number of hydrogen-bond acceptors (Lipinski definition) is 5. The van der Waals surface area contributed by atoms with Gasteiger partial charge in [-0.05, 0) is 54.4 Å². The summed E-state index contributed by atoms with van der Waals surface area (Å²) in [5.41, 5.74) is 8.95. The molecule has 4 heterocycles. The Morgan fingerprint density at radius 3 is 2.59 bits per heavy atom. The van der Waals surface area contributed by atoms with Crippen LogP contribution in [0.15, 0.2) is 48.8 Å². The number of hydrogen-bond donors (Lipinski definition) is 1. The zero-order valence-corrected chi connectivity index (χ0v) is 12.7. The monoisotopic (exact) mass is 307 g/mol. The molecule has 6 heteroatoms. The van der Waals surface area contributed by atoms with Crippen molar-refractivity contribution in [1.82, 2.24) is 19.6 Å². The smallest absolute Gasteiger partial charge is 0.192 e. The Morgan fingerprint density at radius 1 is 1.05 bits per heavy atom. The van der Waals surface area contributed by atoms with Gasteiger partial charge >= 0.3 is 0 Å². The lowest BCUT2D eigenvalue weighted by Gasteiger charge is -2.03. The number of fused-ring (bicyclic) bond motifs is 1. The van der Waals surface area contributed by atoms with Crippen molar-refractivity contribution in [3.63, 3.8) is 0 Å². The molecule has 0 saturated heterocycles. The molecule has 0 unspecified atom stereocenters. The van der Waals surface area contributed by atoms with E-state index < -0.39 is 0 Å². The molecule has 0 amide bonds. The molecule has 0 fully saturated rings. The Bertz CT molecular complexity index is 955. The van der Waals surface area contributed by atoms with Crippen molar-refractivity contribution >= 4 is 22.8 Å². The van der Waals surface area contributed by atoms with E-state index in [9.17, 15) is 0 Å². The number of thiophene rings is 1. The molecular weight excluding hydrogens is 294 g/mol. The van der Waals surface area contributed by atoms with E-state index in [1.807, 2.05) is 30.3 Å². The third-order valence-corrected chi connectivity index (χ3v) is 4.44. The number of aromatic nitrogens is 4. The van der Waals surface area contributed by atoms with Crippen molar-refractivity contribution in [1.29, 1.82) is 0 Å². The second kappa shape index (κ2) is 4.92. The average Bonchev–Trinajstić information content (AvgIpc) is 3.14. The minimum atomic E-state index is 0.566. The van der Waals surface area contributed by atoms with Gasteiger partial charge in [0.25, 0.3) is 0 Å². The minimum Gasteiger partial charge on any atom is -0.384 e. The van der Waals surface area contributed by atoms with Crippen molar-refractivity contribution in [3.8, 4) is 21.8 Å². The first-order valence-electron chi connectivity index (χ1n) is 6.84. The van der Waals surface area contributed by atoms with Gasteiger partial charge in [-0.1, -0.05) is 0 Å². The molecule has 108 valence electrons. The molecule has 4 aromatic heterocycles. The third kappa shape index (κ3) is 2.14. The summed E-state index contributed by atoms with van der Waals surface area (Å²) in [4.78, 5) is 10.9. The molecule has 0 aromatic carbocycles. The quantitative estimate of drug-likeness (QED) is 0.616. The third-order valence-electron chi connectivity index (χ3n) is 3.44. The van der Waals surface area contributed by atoms with Crippen molar-refractivity contribution in [2.24, 2.45) is 0 Å². The van der Waals surface area contributed by atoms with Crippen molar-refractivity contribution < 1.29 is 0 Å². The summed E-state index contributed by atoms with van der Waals surface area (Å²) < 4.78 is 1.68. The Hall–Kier alpha value is -2.73. The van der Waals surface area contributed by atoms with Gasteiger partial charge in [-0.3, -0.25) is 4.98 Å². The Morgan fingerprint density at radius 2 is 1.86 bits per heavy atom. The van der Waals surface area contributed by atoms with Gasteiger partial charge in [0.05, 0.1) is 4.88 Å². The molecule has 4 aromatic rings. The van der Waals surface area contributed by atoms with Gasteiger partial charge in [0, 0.05) is 17.3 Å². The predicted molar refractivity (Wildman–Crippen MR) is 88.7 cm³/mol. The van der Waals surface area contributed by atoms with E-state index in [0.717, 1.165) is 21.7 Å². The molecule has 0 atom stereocenters. The minimum absolute atomic E-state index is 0.566. The lowest BCUT2D eigenvalue weighted by molar-refractivity contribution is 0.980. The van der Waals surface area contributed by atoms with E-state index >= 15 is 0 Å². The van der Waals surface area contributed by atoms with Crippen LogP contribution in [0.3, 0.4) is 0 Å². The Kier molecular flexibility index (Phi) is 2.90. The van der Waals surface area contributed by atoms with Crippen LogP contribution in [0.2, 0.25) is 0 Å². The zero-order chi connectivity index (χ0) is 15.1. The van der Waals surface area contributed by atoms with Crippen LogP contribution in [0.5, 0.6) is 0 Å². The highest BCUT2D eigenvalue weighted by molar-refractivity contribution is 7.15. The van der Waals surface area contributed by atoms with E-state index in [-0.39, 0.29) is 0 Å². The lowest BCUT2D eigenvalue weighted by atomic mass is 10.1. The summed E-state index contributed by atoms with van der Waals surface area (Å²) >= 11 is 1.68. The van der Waals surface area contributed by atoms with Gasteiger partial charge < -0.3 is 5.73 Å². The van der Waals surface area contributed by atoms with Crippen molar-refractivity contribution in [2.75, 3.05) is 5.73 Å². The van der Waals surface area contributed by atoms with Gasteiger partial charge in [0.1, 0.15) is 5.82 Å². The second-order valence-electron chi connectivity index (χ2n) is 5.02. The van der Waals surface area contributed by atoms with Crippen molar-refractivity contribution in [2.45, 2.75) is 6.92 Å². The van der Waals surface area contributed by atoms with Gasteiger partial charge in [0.15, 0.2) is 11.5 Å². The Labute approximate surface area is 131 Å². The molecule has 0 radical (unpaired) electrons. The van der Waals surface area contributed by atoms with Crippen LogP contribution in [0.1, 0.15) is 4.88 Å². The molecule has 0 aliphatic heterocycles. The average molecular weight is 307 g/mol. The number of nitrogens with zero attached hydrogens (tertiary/aromatic N) is 4. The largest absolute Gasteiger partial charge is 0.384 e. The summed E-state index contributed by atoms with van der Waals surface area (Å²) in [6, 6.07) is 11.9. The van der Waals surface area contributed by atoms with Crippen LogP contribution in [0.25, 0.3) is 27.5 Å². The number of nitrogens with two attached hydrogens (primary N) is 1. The maximum Gasteiger partial charge on any atom is 0.192 e. The summed E-state index contributed by atoms with van der Waals surface area (Å²) in [6.45, 7) is 2.07. The standard InChI is InChI=1S/C16H13N5S/c1-10-2-3-13(22-10)16-19-15-9-12(8-14(17)21(15)20-16)11-4-6-18-7-5-11/h2-9H,17H2,1H3. The molecule has 0 saturated carbocycles. The molecule has 0 spiro atoms. The number of nitrogen functional groups attached to an aromatic ring is 1. The van der Waals surface area contributed by atoms with Crippen LogP contribution in [0.4, 0.5) is 5.82 Å². The summed E-state index contributed by atoms with van der Waals surface area (Å²) in [6.07, 6.45) is 3.53. The molecule has 0 aliphatic carbocycles. The van der Waals surface area contributed by atoms with Gasteiger partial charge in [-0.2, -0.15) is 4.52 Å². The fourth-order valence-electron chi connectivity index (χ4n) is 2.38. The molecule has 22 heavy (non-hydrogen) atoms. The van der Waals surface area contributed by atoms with Crippen LogP contribution < -0.4 is 5.73 Å². The lowest BCUT2D eigenvalue weighted by Crippen LogP contribution is -1.98. The topological polar surface area (TPSA) is 69.1 Å². The first-order valence-corrected chi connectivity index (χ1v) is 7.66. The number of anilines is 1. The van der Waals surface area contributed by atoms with Crippen LogP contribution >= 0.6 is 11.3 Å². The number of pyridine rings is 2. The summed E-state index contributed by atoms with van der Waals surface area (Å²) in [5, 5.41) is 4.51. The predicted octanol–water partition coefficient (Wildman–Crippen LogP) is 3.41. The number of rotatable bonds is 2. The Balaban J connectivity index is 1.88. The van der Waals surface area contributed by atoms with Crippen LogP contribution in [-0.2, 0) is 0 Å². The van der Waals surface area contributed by atoms with Gasteiger partial charge in [-0.25, -0.2) is 4.98 Å². The van der Waals surface area contributed by atoms with Gasteiger partial charge in [0.2, 0.25) is 0 Å². The first-order chi connectivity index (χ1) is 10.7. The fourth-order valence-corrected chi connectivity index (χ4v) is 3.18. The fraction of sp³-hybridized carbons (Fsp3) is 0.0625. The van der Waals surface area contributed by atoms with E-state index in [1.54, 1.807) is 28.2 Å². The van der Waals surface area contributed by atoms with E-state index in [0.29, 0.717) is 11.6 Å². The second-order valence-corrected chi connectivity index (χ2v) is 6.31. The van der Waals surface area contributed by atoms with E-state index in [2.05, 4.69) is 28.1 Å². The van der Waals surface area contributed by atoms with Crippen molar-refractivity contribution in [3.05, 3.63) is 53.7 Å². The van der Waals surface area contributed by atoms with E-state index in [1.165, 1.54) is 4.88 Å². The molecule has 2 N–H and O–H groups in total. The molecule has 0 aliphatic rings. The van der Waals surface area contributed by atoms with Crippen LogP contribution in [-0.4, -0.2) is 19.6 Å². The highest BCUT2D eigenvalue weighted by atomic mass is 32.1.